The first-order valence-electron chi connectivity index (χ1n) is 9.11. The minimum Gasteiger partial charge on any atom is -0.315 e. The Kier molecular flexibility index (Phi) is 5.51. The van der Waals surface area contributed by atoms with E-state index in [1.807, 2.05) is 4.68 Å². The normalized spacial score (nSPS) is 16.0. The fraction of sp³-hybridized carbons (Fsp3) is 0.579. The lowest BCUT2D eigenvalue weighted by atomic mass is 10.0. The third kappa shape index (κ3) is 3.95. The van der Waals surface area contributed by atoms with Crippen LogP contribution in [-0.2, 0) is 26.2 Å². The summed E-state index contributed by atoms with van der Waals surface area (Å²) in [6, 6.07) is 9.00. The zero-order valence-electron chi connectivity index (χ0n) is 15.1. The number of aryl methyl sites for hydroxylation is 1. The quantitative estimate of drug-likeness (QED) is 0.844. The van der Waals surface area contributed by atoms with Crippen molar-refractivity contribution in [3.63, 3.8) is 0 Å². The van der Waals surface area contributed by atoms with Crippen LogP contribution in [0.4, 0.5) is 0 Å². The number of benzene rings is 1. The highest BCUT2D eigenvalue weighted by molar-refractivity contribution is 7.71. The maximum atomic E-state index is 5.65. The van der Waals surface area contributed by atoms with Crippen LogP contribution in [0.5, 0.6) is 0 Å². The SMILES string of the molecule is CC(C)c1ccc(C[NH+](C)Cn2nc3n(c2=S)CCCCC3)cc1. The third-order valence-electron chi connectivity index (χ3n) is 4.85. The van der Waals surface area contributed by atoms with Crippen molar-refractivity contribution in [2.75, 3.05) is 7.05 Å². The summed E-state index contributed by atoms with van der Waals surface area (Å²) in [7, 11) is 2.21. The topological polar surface area (TPSA) is 27.2 Å². The number of hydrogen-bond donors (Lipinski definition) is 1. The van der Waals surface area contributed by atoms with Gasteiger partial charge < -0.3 is 9.47 Å². The molecule has 1 unspecified atom stereocenters. The minimum absolute atomic E-state index is 0.586. The first kappa shape index (κ1) is 17.4. The lowest BCUT2D eigenvalue weighted by molar-refractivity contribution is -0.917. The molecule has 1 aliphatic rings. The van der Waals surface area contributed by atoms with Gasteiger partial charge in [-0.1, -0.05) is 44.5 Å². The second-order valence-corrected chi connectivity index (χ2v) is 7.71. The van der Waals surface area contributed by atoms with Crippen LogP contribution in [0.15, 0.2) is 24.3 Å². The van der Waals surface area contributed by atoms with Crippen LogP contribution < -0.4 is 4.90 Å². The molecule has 2 aromatic rings. The predicted octanol–water partition coefficient (Wildman–Crippen LogP) is 2.94. The van der Waals surface area contributed by atoms with E-state index < -0.39 is 0 Å². The van der Waals surface area contributed by atoms with Gasteiger partial charge in [-0.3, -0.25) is 0 Å². The van der Waals surface area contributed by atoms with E-state index >= 15 is 0 Å². The predicted molar refractivity (Wildman–Crippen MR) is 99.7 cm³/mol. The number of fused-ring (bicyclic) bond motifs is 1. The molecule has 1 aromatic heterocycles. The van der Waals surface area contributed by atoms with E-state index in [1.54, 1.807) is 0 Å². The molecule has 0 saturated heterocycles. The van der Waals surface area contributed by atoms with E-state index in [2.05, 4.69) is 49.7 Å². The van der Waals surface area contributed by atoms with E-state index in [0.717, 1.165) is 31.0 Å². The molecule has 0 radical (unpaired) electrons. The Morgan fingerprint density at radius 3 is 2.62 bits per heavy atom. The van der Waals surface area contributed by atoms with Crippen LogP contribution in [0.1, 0.15) is 56.0 Å². The van der Waals surface area contributed by atoms with Crippen LogP contribution in [0.25, 0.3) is 0 Å². The minimum atomic E-state index is 0.586. The molecular formula is C19H29N4S+. The van der Waals surface area contributed by atoms with Crippen molar-refractivity contribution in [3.8, 4) is 0 Å². The van der Waals surface area contributed by atoms with Crippen molar-refractivity contribution < 1.29 is 4.90 Å². The lowest BCUT2D eigenvalue weighted by Gasteiger charge is -2.14. The highest BCUT2D eigenvalue weighted by Crippen LogP contribution is 2.15. The molecule has 1 atom stereocenters. The molecule has 2 heterocycles. The van der Waals surface area contributed by atoms with Crippen LogP contribution in [0.3, 0.4) is 0 Å². The molecule has 0 bridgehead atoms. The van der Waals surface area contributed by atoms with Crippen molar-refractivity contribution in [2.24, 2.45) is 0 Å². The number of hydrogen-bond acceptors (Lipinski definition) is 2. The average Bonchev–Trinajstić information content (AvgIpc) is 2.73. The van der Waals surface area contributed by atoms with Crippen molar-refractivity contribution >= 4 is 12.2 Å². The van der Waals surface area contributed by atoms with Gasteiger partial charge in [0.15, 0.2) is 6.67 Å². The maximum Gasteiger partial charge on any atom is 0.202 e. The molecule has 130 valence electrons. The molecule has 0 spiro atoms. The second kappa shape index (κ2) is 7.62. The molecule has 24 heavy (non-hydrogen) atoms. The van der Waals surface area contributed by atoms with Crippen LogP contribution in [0, 0.1) is 4.77 Å². The Morgan fingerprint density at radius 1 is 1.17 bits per heavy atom. The Labute approximate surface area is 150 Å². The summed E-state index contributed by atoms with van der Waals surface area (Å²) in [6.07, 6.45) is 4.80. The van der Waals surface area contributed by atoms with Gasteiger partial charge in [0.1, 0.15) is 12.4 Å². The third-order valence-corrected chi connectivity index (χ3v) is 5.28. The van der Waals surface area contributed by atoms with Gasteiger partial charge in [-0.25, -0.2) is 0 Å². The molecule has 0 saturated carbocycles. The van der Waals surface area contributed by atoms with Gasteiger partial charge >= 0.3 is 0 Å². The summed E-state index contributed by atoms with van der Waals surface area (Å²) in [4.78, 5) is 1.40. The molecule has 1 aromatic carbocycles. The van der Waals surface area contributed by atoms with Crippen molar-refractivity contribution in [2.45, 2.75) is 65.2 Å². The fourth-order valence-electron chi connectivity index (χ4n) is 3.41. The maximum absolute atomic E-state index is 5.65. The Balaban J connectivity index is 1.66. The zero-order valence-corrected chi connectivity index (χ0v) is 15.9. The Bertz CT molecular complexity index is 727. The number of rotatable bonds is 5. The number of quaternary nitrogens is 1. The Hall–Kier alpha value is -1.46. The zero-order chi connectivity index (χ0) is 17.1. The summed E-state index contributed by atoms with van der Waals surface area (Å²) in [5.74, 6) is 1.76. The summed E-state index contributed by atoms with van der Waals surface area (Å²) in [6.45, 7) is 7.31. The monoisotopic (exact) mass is 345 g/mol. The molecule has 1 N–H and O–H groups in total. The summed E-state index contributed by atoms with van der Waals surface area (Å²) in [5, 5.41) is 4.78. The van der Waals surface area contributed by atoms with Gasteiger partial charge in [-0.05, 0) is 36.5 Å². The van der Waals surface area contributed by atoms with Crippen molar-refractivity contribution in [1.29, 1.82) is 0 Å². The first-order chi connectivity index (χ1) is 11.5. The van der Waals surface area contributed by atoms with Gasteiger partial charge in [-0.2, -0.15) is 9.78 Å². The van der Waals surface area contributed by atoms with Gasteiger partial charge in [0, 0.05) is 18.5 Å². The summed E-state index contributed by atoms with van der Waals surface area (Å²) >= 11 is 5.65. The smallest absolute Gasteiger partial charge is 0.202 e. The number of nitrogens with one attached hydrogen (secondary N) is 1. The van der Waals surface area contributed by atoms with Gasteiger partial charge in [0.2, 0.25) is 4.77 Å². The van der Waals surface area contributed by atoms with E-state index in [4.69, 9.17) is 17.3 Å². The van der Waals surface area contributed by atoms with E-state index in [1.165, 1.54) is 41.1 Å². The summed E-state index contributed by atoms with van der Waals surface area (Å²) < 4.78 is 5.15. The molecule has 0 fully saturated rings. The Morgan fingerprint density at radius 2 is 1.92 bits per heavy atom. The second-order valence-electron chi connectivity index (χ2n) is 7.35. The molecule has 5 heteroatoms. The molecule has 0 amide bonds. The standard InChI is InChI=1S/C19H28N4S/c1-15(2)17-10-8-16(9-11-17)13-21(3)14-23-19(24)22-12-6-4-5-7-18(22)20-23/h8-11,15H,4-7,12-14H2,1-3H3/p+1. The van der Waals surface area contributed by atoms with Crippen LogP contribution >= 0.6 is 12.2 Å². The van der Waals surface area contributed by atoms with Gasteiger partial charge in [0.25, 0.3) is 0 Å². The molecule has 1 aliphatic heterocycles. The van der Waals surface area contributed by atoms with E-state index in [9.17, 15) is 0 Å². The fourth-order valence-corrected chi connectivity index (χ4v) is 3.71. The molecule has 4 nitrogen and oxygen atoms in total. The highest BCUT2D eigenvalue weighted by Gasteiger charge is 2.15. The summed E-state index contributed by atoms with van der Waals surface area (Å²) in [5.41, 5.74) is 2.76. The molecule has 0 aliphatic carbocycles. The molecular weight excluding hydrogens is 316 g/mol. The van der Waals surface area contributed by atoms with E-state index in [0.29, 0.717) is 5.92 Å². The lowest BCUT2D eigenvalue weighted by Crippen LogP contribution is -3.07. The first-order valence-corrected chi connectivity index (χ1v) is 9.52. The molecule has 3 rings (SSSR count). The van der Waals surface area contributed by atoms with Crippen molar-refractivity contribution in [1.82, 2.24) is 14.3 Å². The van der Waals surface area contributed by atoms with Crippen LogP contribution in [-0.4, -0.2) is 21.4 Å². The van der Waals surface area contributed by atoms with Gasteiger partial charge in [0.05, 0.1) is 7.05 Å². The van der Waals surface area contributed by atoms with Crippen molar-refractivity contribution in [3.05, 3.63) is 46.0 Å². The number of nitrogens with zero attached hydrogens (tertiary/aromatic N) is 3. The average molecular weight is 346 g/mol. The highest BCUT2D eigenvalue weighted by atomic mass is 32.1. The van der Waals surface area contributed by atoms with Crippen LogP contribution in [0.2, 0.25) is 0 Å². The van der Waals surface area contributed by atoms with E-state index in [-0.39, 0.29) is 0 Å². The van der Waals surface area contributed by atoms with Gasteiger partial charge in [-0.15, -0.1) is 0 Å². The number of aromatic nitrogens is 3. The largest absolute Gasteiger partial charge is 0.315 e.